The first-order valence-electron chi connectivity index (χ1n) is 9.65. The Bertz CT molecular complexity index is 637. The predicted octanol–water partition coefficient (Wildman–Crippen LogP) is 3.41. The highest BCUT2D eigenvalue weighted by molar-refractivity contribution is 5.27. The molecule has 0 unspecified atom stereocenters. The fraction of sp³-hybridized carbons (Fsp3) is 0.524. The van der Waals surface area contributed by atoms with Gasteiger partial charge in [0, 0.05) is 37.1 Å². The minimum Gasteiger partial charge on any atom is -0.491 e. The van der Waals surface area contributed by atoms with E-state index >= 15 is 0 Å². The van der Waals surface area contributed by atoms with Gasteiger partial charge in [-0.15, -0.1) is 0 Å². The maximum Gasteiger partial charge on any atom is 0.119 e. The molecule has 1 aliphatic rings. The minimum atomic E-state index is 0.203. The molecule has 1 aliphatic heterocycles. The SMILES string of the molecule is CC(C)Oc1ccc(CN(Cc2cncnc2)[C@@H]2CCCNCC2)cc1. The Morgan fingerprint density at radius 3 is 2.50 bits per heavy atom. The zero-order chi connectivity index (χ0) is 18.2. The van der Waals surface area contributed by atoms with Gasteiger partial charge in [-0.1, -0.05) is 12.1 Å². The molecular formula is C21H30N4O. The van der Waals surface area contributed by atoms with E-state index in [0.717, 1.165) is 31.9 Å². The van der Waals surface area contributed by atoms with Crippen LogP contribution in [0.3, 0.4) is 0 Å². The largest absolute Gasteiger partial charge is 0.491 e. The number of hydrogen-bond donors (Lipinski definition) is 1. The van der Waals surface area contributed by atoms with Gasteiger partial charge in [-0.2, -0.15) is 0 Å². The van der Waals surface area contributed by atoms with Gasteiger partial charge in [0.2, 0.25) is 0 Å². The van der Waals surface area contributed by atoms with E-state index in [-0.39, 0.29) is 6.10 Å². The molecule has 0 spiro atoms. The van der Waals surface area contributed by atoms with Gasteiger partial charge in [-0.25, -0.2) is 9.97 Å². The summed E-state index contributed by atoms with van der Waals surface area (Å²) in [5, 5.41) is 3.52. The molecule has 0 bridgehead atoms. The molecule has 1 aromatic heterocycles. The van der Waals surface area contributed by atoms with Crippen molar-refractivity contribution in [2.75, 3.05) is 13.1 Å². The van der Waals surface area contributed by atoms with Crippen LogP contribution in [0, 0.1) is 0 Å². The first-order valence-corrected chi connectivity index (χ1v) is 9.65. The Hall–Kier alpha value is -1.98. The van der Waals surface area contributed by atoms with E-state index in [1.54, 1.807) is 6.33 Å². The third-order valence-electron chi connectivity index (χ3n) is 4.74. The van der Waals surface area contributed by atoms with E-state index in [4.69, 9.17) is 4.74 Å². The number of hydrogen-bond acceptors (Lipinski definition) is 5. The monoisotopic (exact) mass is 354 g/mol. The molecule has 3 rings (SSSR count). The highest BCUT2D eigenvalue weighted by atomic mass is 16.5. The average Bonchev–Trinajstić information content (AvgIpc) is 2.93. The smallest absolute Gasteiger partial charge is 0.119 e. The third-order valence-corrected chi connectivity index (χ3v) is 4.74. The van der Waals surface area contributed by atoms with Gasteiger partial charge < -0.3 is 10.1 Å². The fourth-order valence-corrected chi connectivity index (χ4v) is 3.51. The van der Waals surface area contributed by atoms with Gasteiger partial charge in [-0.3, -0.25) is 4.90 Å². The Labute approximate surface area is 156 Å². The second-order valence-corrected chi connectivity index (χ2v) is 7.30. The first kappa shape index (κ1) is 18.8. The van der Waals surface area contributed by atoms with Crippen LogP contribution in [0.5, 0.6) is 5.75 Å². The van der Waals surface area contributed by atoms with Crippen molar-refractivity contribution in [3.8, 4) is 5.75 Å². The van der Waals surface area contributed by atoms with Crippen LogP contribution in [-0.4, -0.2) is 40.1 Å². The lowest BCUT2D eigenvalue weighted by Crippen LogP contribution is -2.35. The van der Waals surface area contributed by atoms with Crippen molar-refractivity contribution >= 4 is 0 Å². The van der Waals surface area contributed by atoms with Gasteiger partial charge in [0.25, 0.3) is 0 Å². The molecule has 0 amide bonds. The van der Waals surface area contributed by atoms with Crippen LogP contribution in [0.15, 0.2) is 43.0 Å². The van der Waals surface area contributed by atoms with Crippen LogP contribution < -0.4 is 10.1 Å². The third kappa shape index (κ3) is 5.78. The van der Waals surface area contributed by atoms with E-state index < -0.39 is 0 Å². The highest BCUT2D eigenvalue weighted by Gasteiger charge is 2.20. The summed E-state index contributed by atoms with van der Waals surface area (Å²) in [6, 6.07) is 9.10. The van der Waals surface area contributed by atoms with E-state index in [1.807, 2.05) is 12.4 Å². The van der Waals surface area contributed by atoms with Crippen molar-refractivity contribution in [2.45, 2.75) is 58.3 Å². The van der Waals surface area contributed by atoms with Gasteiger partial charge in [0.05, 0.1) is 6.10 Å². The molecule has 0 aliphatic carbocycles. The van der Waals surface area contributed by atoms with Crippen molar-refractivity contribution in [3.05, 3.63) is 54.1 Å². The Morgan fingerprint density at radius 2 is 1.77 bits per heavy atom. The number of nitrogens with one attached hydrogen (secondary N) is 1. The molecule has 26 heavy (non-hydrogen) atoms. The summed E-state index contributed by atoms with van der Waals surface area (Å²) in [5.74, 6) is 0.936. The average molecular weight is 354 g/mol. The number of aromatic nitrogens is 2. The van der Waals surface area contributed by atoms with Crippen LogP contribution in [0.1, 0.15) is 44.2 Å². The zero-order valence-electron chi connectivity index (χ0n) is 15.9. The van der Waals surface area contributed by atoms with Crippen LogP contribution in [0.2, 0.25) is 0 Å². The molecule has 1 saturated heterocycles. The second-order valence-electron chi connectivity index (χ2n) is 7.30. The van der Waals surface area contributed by atoms with Crippen LogP contribution >= 0.6 is 0 Å². The summed E-state index contributed by atoms with van der Waals surface area (Å²) in [4.78, 5) is 10.9. The van der Waals surface area contributed by atoms with Crippen molar-refractivity contribution in [3.63, 3.8) is 0 Å². The lowest BCUT2D eigenvalue weighted by atomic mass is 10.0. The maximum atomic E-state index is 5.76. The van der Waals surface area contributed by atoms with Crippen molar-refractivity contribution in [2.24, 2.45) is 0 Å². The van der Waals surface area contributed by atoms with Gasteiger partial charge in [-0.05, 0) is 63.9 Å². The van der Waals surface area contributed by atoms with Gasteiger partial charge in [0.15, 0.2) is 0 Å². The highest BCUT2D eigenvalue weighted by Crippen LogP contribution is 2.21. The summed E-state index contributed by atoms with van der Waals surface area (Å²) in [6.07, 6.45) is 9.29. The van der Waals surface area contributed by atoms with Gasteiger partial charge in [0.1, 0.15) is 12.1 Å². The summed E-state index contributed by atoms with van der Waals surface area (Å²) in [6.45, 7) is 8.14. The molecule has 1 atom stereocenters. The number of ether oxygens (including phenoxy) is 1. The molecule has 5 heteroatoms. The topological polar surface area (TPSA) is 50.3 Å². The molecule has 0 saturated carbocycles. The molecule has 1 N–H and O–H groups in total. The number of benzene rings is 1. The van der Waals surface area contributed by atoms with E-state index in [0.29, 0.717) is 6.04 Å². The van der Waals surface area contributed by atoms with E-state index in [1.165, 1.54) is 30.4 Å². The Kier molecular flexibility index (Phi) is 6.97. The van der Waals surface area contributed by atoms with Crippen molar-refractivity contribution < 1.29 is 4.74 Å². The fourth-order valence-electron chi connectivity index (χ4n) is 3.51. The molecule has 2 aromatic rings. The molecule has 5 nitrogen and oxygen atoms in total. The number of nitrogens with zero attached hydrogens (tertiary/aromatic N) is 3. The van der Waals surface area contributed by atoms with Crippen molar-refractivity contribution in [1.29, 1.82) is 0 Å². The maximum absolute atomic E-state index is 5.76. The zero-order valence-corrected chi connectivity index (χ0v) is 15.9. The normalized spacial score (nSPS) is 18.1. The molecule has 1 fully saturated rings. The first-order chi connectivity index (χ1) is 12.7. The van der Waals surface area contributed by atoms with Gasteiger partial charge >= 0.3 is 0 Å². The predicted molar refractivity (Wildman–Crippen MR) is 104 cm³/mol. The molecule has 2 heterocycles. The standard InChI is InChI=1S/C21H30N4O/c1-17(2)26-21-7-5-18(6-8-21)14-25(15-19-12-23-16-24-13-19)20-4-3-10-22-11-9-20/h5-8,12-13,16-17,20,22H,3-4,9-11,14-15H2,1-2H3/t20-/m1/s1. The molecule has 1 aromatic carbocycles. The van der Waals surface area contributed by atoms with E-state index in [9.17, 15) is 0 Å². The number of rotatable bonds is 7. The molecular weight excluding hydrogens is 324 g/mol. The molecule has 140 valence electrons. The summed E-state index contributed by atoms with van der Waals surface area (Å²) < 4.78 is 5.76. The second kappa shape index (κ2) is 9.64. The lowest BCUT2D eigenvalue weighted by molar-refractivity contribution is 0.164. The van der Waals surface area contributed by atoms with Crippen LogP contribution in [0.25, 0.3) is 0 Å². The molecule has 0 radical (unpaired) electrons. The van der Waals surface area contributed by atoms with E-state index in [2.05, 4.69) is 58.3 Å². The quantitative estimate of drug-likeness (QED) is 0.826. The summed E-state index contributed by atoms with van der Waals surface area (Å²) in [7, 11) is 0. The lowest BCUT2D eigenvalue weighted by Gasteiger charge is -2.31. The Morgan fingerprint density at radius 1 is 1.04 bits per heavy atom. The summed E-state index contributed by atoms with van der Waals surface area (Å²) in [5.41, 5.74) is 2.49. The Balaban J connectivity index is 1.71. The van der Waals surface area contributed by atoms with Crippen molar-refractivity contribution in [1.82, 2.24) is 20.2 Å². The van der Waals surface area contributed by atoms with Crippen LogP contribution in [-0.2, 0) is 13.1 Å². The minimum absolute atomic E-state index is 0.203. The summed E-state index contributed by atoms with van der Waals surface area (Å²) >= 11 is 0. The van der Waals surface area contributed by atoms with Crippen LogP contribution in [0.4, 0.5) is 0 Å².